The van der Waals surface area contributed by atoms with Crippen LogP contribution in [0.25, 0.3) is 0 Å². The molecule has 0 saturated carbocycles. The zero-order valence-electron chi connectivity index (χ0n) is 16.3. The van der Waals surface area contributed by atoms with Crippen molar-refractivity contribution in [3.63, 3.8) is 0 Å². The maximum absolute atomic E-state index is 12.5. The number of nitrogens with one attached hydrogen (secondary N) is 1. The Morgan fingerprint density at radius 2 is 1.74 bits per heavy atom. The second-order valence-corrected chi connectivity index (χ2v) is 6.85. The van der Waals surface area contributed by atoms with Crippen molar-refractivity contribution in [3.8, 4) is 11.5 Å². The standard InChI is InChI=1S/C22H17ClN2O6/c1-30-22(27)19-9-8-15(23)12-20(19)24-21(26)11-14-4-2-6-17(10-14)31-18-7-3-5-16(13-18)25(28)29/h2-10,12-13H,11H2,1H3,(H,24,26). The molecule has 0 unspecified atom stereocenters. The monoisotopic (exact) mass is 440 g/mol. The molecular formula is C22H17ClN2O6. The highest BCUT2D eigenvalue weighted by molar-refractivity contribution is 6.31. The molecule has 31 heavy (non-hydrogen) atoms. The molecule has 1 amide bonds. The number of hydrogen-bond acceptors (Lipinski definition) is 6. The van der Waals surface area contributed by atoms with Crippen molar-refractivity contribution >= 4 is 34.9 Å². The van der Waals surface area contributed by atoms with Crippen molar-refractivity contribution < 1.29 is 24.0 Å². The molecule has 1 N–H and O–H groups in total. The lowest BCUT2D eigenvalue weighted by Gasteiger charge is -2.11. The molecule has 0 atom stereocenters. The van der Waals surface area contributed by atoms with Gasteiger partial charge in [0.25, 0.3) is 5.69 Å². The average molecular weight is 441 g/mol. The number of methoxy groups -OCH3 is 1. The summed E-state index contributed by atoms with van der Waals surface area (Å²) >= 11 is 5.97. The number of non-ortho nitro benzene ring substituents is 1. The molecule has 0 aliphatic rings. The van der Waals surface area contributed by atoms with Gasteiger partial charge >= 0.3 is 5.97 Å². The Bertz CT molecular complexity index is 1150. The van der Waals surface area contributed by atoms with Crippen molar-refractivity contribution in [2.24, 2.45) is 0 Å². The van der Waals surface area contributed by atoms with Gasteiger partial charge in [-0.25, -0.2) is 4.79 Å². The number of carbonyl (C=O) groups is 2. The first kappa shape index (κ1) is 21.8. The van der Waals surface area contributed by atoms with E-state index in [1.807, 2.05) is 0 Å². The SMILES string of the molecule is COC(=O)c1ccc(Cl)cc1NC(=O)Cc1cccc(Oc2cccc([N+](=O)[O-])c2)c1. The first-order valence-corrected chi connectivity index (χ1v) is 9.42. The van der Waals surface area contributed by atoms with Gasteiger partial charge in [-0.2, -0.15) is 0 Å². The van der Waals surface area contributed by atoms with Gasteiger partial charge in [0, 0.05) is 11.1 Å². The van der Waals surface area contributed by atoms with Crippen LogP contribution in [-0.4, -0.2) is 23.9 Å². The van der Waals surface area contributed by atoms with Crippen molar-refractivity contribution in [1.29, 1.82) is 0 Å². The number of rotatable bonds is 7. The molecule has 0 fully saturated rings. The number of ether oxygens (including phenoxy) is 2. The number of anilines is 1. The van der Waals surface area contributed by atoms with E-state index < -0.39 is 10.9 Å². The Hall–Kier alpha value is -3.91. The number of carbonyl (C=O) groups excluding carboxylic acids is 2. The first-order valence-electron chi connectivity index (χ1n) is 9.04. The Kier molecular flexibility index (Phi) is 6.84. The molecule has 0 aliphatic carbocycles. The predicted octanol–water partition coefficient (Wildman–Crippen LogP) is 5.01. The molecule has 3 rings (SSSR count). The largest absolute Gasteiger partial charge is 0.465 e. The number of nitrogens with zero attached hydrogens (tertiary/aromatic N) is 1. The highest BCUT2D eigenvalue weighted by Gasteiger charge is 2.15. The molecule has 0 aromatic heterocycles. The van der Waals surface area contributed by atoms with E-state index in [2.05, 4.69) is 5.32 Å². The van der Waals surface area contributed by atoms with E-state index in [-0.39, 0.29) is 29.3 Å². The van der Waals surface area contributed by atoms with E-state index in [1.165, 1.54) is 43.5 Å². The average Bonchev–Trinajstić information content (AvgIpc) is 2.73. The Morgan fingerprint density at radius 3 is 2.45 bits per heavy atom. The summed E-state index contributed by atoms with van der Waals surface area (Å²) in [6, 6.07) is 17.0. The van der Waals surface area contributed by atoms with Gasteiger partial charge in [-0.15, -0.1) is 0 Å². The van der Waals surface area contributed by atoms with E-state index in [4.69, 9.17) is 21.1 Å². The van der Waals surface area contributed by atoms with Gasteiger partial charge in [0.2, 0.25) is 5.91 Å². The van der Waals surface area contributed by atoms with Crippen molar-refractivity contribution in [2.75, 3.05) is 12.4 Å². The fraction of sp³-hybridized carbons (Fsp3) is 0.0909. The number of benzene rings is 3. The predicted molar refractivity (Wildman–Crippen MR) is 115 cm³/mol. The molecule has 0 saturated heterocycles. The maximum Gasteiger partial charge on any atom is 0.339 e. The molecule has 0 spiro atoms. The van der Waals surface area contributed by atoms with Crippen LogP contribution in [0.2, 0.25) is 5.02 Å². The summed E-state index contributed by atoms with van der Waals surface area (Å²) in [6.45, 7) is 0. The van der Waals surface area contributed by atoms with E-state index in [1.54, 1.807) is 30.3 Å². The van der Waals surface area contributed by atoms with E-state index in [0.717, 1.165) is 0 Å². The third-order valence-electron chi connectivity index (χ3n) is 4.19. The third kappa shape index (κ3) is 5.80. The number of esters is 1. The maximum atomic E-state index is 12.5. The van der Waals surface area contributed by atoms with Gasteiger partial charge in [-0.1, -0.05) is 29.8 Å². The minimum absolute atomic E-state index is 0.000731. The lowest BCUT2D eigenvalue weighted by atomic mass is 10.1. The summed E-state index contributed by atoms with van der Waals surface area (Å²) in [5.41, 5.74) is 0.981. The Morgan fingerprint density at radius 1 is 1.03 bits per heavy atom. The zero-order chi connectivity index (χ0) is 22.4. The van der Waals surface area contributed by atoms with Crippen LogP contribution in [0.4, 0.5) is 11.4 Å². The summed E-state index contributed by atoms with van der Waals surface area (Å²) in [5.74, 6) is -0.250. The molecule has 158 valence electrons. The third-order valence-corrected chi connectivity index (χ3v) is 4.42. The molecule has 0 bridgehead atoms. The molecule has 9 heteroatoms. The van der Waals surface area contributed by atoms with Crippen LogP contribution in [0.15, 0.2) is 66.7 Å². The lowest BCUT2D eigenvalue weighted by molar-refractivity contribution is -0.384. The highest BCUT2D eigenvalue weighted by atomic mass is 35.5. The number of halogens is 1. The quantitative estimate of drug-likeness (QED) is 0.314. The van der Waals surface area contributed by atoms with Gasteiger partial charge in [-0.05, 0) is 42.0 Å². The summed E-state index contributed by atoms with van der Waals surface area (Å²) in [6.07, 6.45) is -0.000731. The molecule has 8 nitrogen and oxygen atoms in total. The van der Waals surface area contributed by atoms with E-state index in [9.17, 15) is 19.7 Å². The van der Waals surface area contributed by atoms with Crippen LogP contribution in [0.3, 0.4) is 0 Å². The van der Waals surface area contributed by atoms with Crippen LogP contribution >= 0.6 is 11.6 Å². The van der Waals surface area contributed by atoms with Crippen molar-refractivity contribution in [3.05, 3.63) is 93.0 Å². The van der Waals surface area contributed by atoms with Crippen LogP contribution in [0.5, 0.6) is 11.5 Å². The molecular weight excluding hydrogens is 424 g/mol. The fourth-order valence-electron chi connectivity index (χ4n) is 2.80. The second-order valence-electron chi connectivity index (χ2n) is 6.41. The smallest absolute Gasteiger partial charge is 0.339 e. The van der Waals surface area contributed by atoms with Gasteiger partial charge in [0.1, 0.15) is 11.5 Å². The lowest BCUT2D eigenvalue weighted by Crippen LogP contribution is -2.17. The summed E-state index contributed by atoms with van der Waals surface area (Å²) in [5, 5.41) is 13.9. The Balaban J connectivity index is 1.72. The number of amides is 1. The van der Waals surface area contributed by atoms with E-state index >= 15 is 0 Å². The molecule has 3 aromatic carbocycles. The summed E-state index contributed by atoms with van der Waals surface area (Å²) in [7, 11) is 1.25. The normalized spacial score (nSPS) is 10.3. The molecule has 0 radical (unpaired) electrons. The molecule has 0 aliphatic heterocycles. The Labute approximate surface area is 182 Å². The van der Waals surface area contributed by atoms with Gasteiger partial charge < -0.3 is 14.8 Å². The van der Waals surface area contributed by atoms with Gasteiger partial charge in [0.05, 0.1) is 35.8 Å². The first-order chi connectivity index (χ1) is 14.9. The summed E-state index contributed by atoms with van der Waals surface area (Å²) in [4.78, 5) is 34.8. The number of nitro benzene ring substituents is 1. The number of hydrogen-bond donors (Lipinski definition) is 1. The van der Waals surface area contributed by atoms with Crippen LogP contribution in [0.1, 0.15) is 15.9 Å². The molecule has 0 heterocycles. The number of nitro groups is 1. The topological polar surface area (TPSA) is 108 Å². The van der Waals surface area contributed by atoms with E-state index in [0.29, 0.717) is 22.1 Å². The van der Waals surface area contributed by atoms with Crippen LogP contribution < -0.4 is 10.1 Å². The molecule has 3 aromatic rings. The minimum atomic E-state index is -0.598. The van der Waals surface area contributed by atoms with Gasteiger partial charge in [-0.3, -0.25) is 14.9 Å². The summed E-state index contributed by atoms with van der Waals surface area (Å²) < 4.78 is 10.4. The van der Waals surface area contributed by atoms with Gasteiger partial charge in [0.15, 0.2) is 0 Å². The highest BCUT2D eigenvalue weighted by Crippen LogP contribution is 2.26. The van der Waals surface area contributed by atoms with Crippen LogP contribution in [0, 0.1) is 10.1 Å². The fourth-order valence-corrected chi connectivity index (χ4v) is 2.98. The van der Waals surface area contributed by atoms with Crippen molar-refractivity contribution in [2.45, 2.75) is 6.42 Å². The second kappa shape index (κ2) is 9.73. The van der Waals surface area contributed by atoms with Crippen LogP contribution in [-0.2, 0) is 16.0 Å². The zero-order valence-corrected chi connectivity index (χ0v) is 17.1. The minimum Gasteiger partial charge on any atom is -0.465 e. The van der Waals surface area contributed by atoms with Crippen molar-refractivity contribution in [1.82, 2.24) is 0 Å².